The number of nitrogens with zero attached hydrogens (tertiary/aromatic N) is 2. The first-order valence-electron chi connectivity index (χ1n) is 6.25. The van der Waals surface area contributed by atoms with Gasteiger partial charge >= 0.3 is 0 Å². The molecule has 5 nitrogen and oxygen atoms in total. The number of anilines is 2. The number of aromatic nitrogens is 1. The molecule has 0 aliphatic carbocycles. The standard InChI is InChI=1S/C14H17N3O2S/c1-3-11-7-8-12(10-13(11)15)20(18,19)17(2)14-6-4-5-9-16-14/h4-10H,3,15H2,1-2H3. The minimum absolute atomic E-state index is 0.167. The van der Waals surface area contributed by atoms with Crippen molar-refractivity contribution in [1.29, 1.82) is 0 Å². The minimum atomic E-state index is -3.65. The largest absolute Gasteiger partial charge is 0.398 e. The smallest absolute Gasteiger partial charge is 0.265 e. The van der Waals surface area contributed by atoms with E-state index in [2.05, 4.69) is 4.98 Å². The number of aryl methyl sites for hydroxylation is 1. The molecule has 1 aromatic heterocycles. The molecule has 106 valence electrons. The maximum Gasteiger partial charge on any atom is 0.265 e. The summed E-state index contributed by atoms with van der Waals surface area (Å²) in [6, 6.07) is 9.92. The van der Waals surface area contributed by atoms with Crippen LogP contribution in [0.15, 0.2) is 47.5 Å². The molecule has 20 heavy (non-hydrogen) atoms. The van der Waals surface area contributed by atoms with E-state index in [9.17, 15) is 8.42 Å². The van der Waals surface area contributed by atoms with Gasteiger partial charge in [-0.05, 0) is 36.2 Å². The Morgan fingerprint density at radius 2 is 2.00 bits per heavy atom. The second kappa shape index (κ2) is 5.50. The van der Waals surface area contributed by atoms with Gasteiger partial charge in [-0.2, -0.15) is 0 Å². The topological polar surface area (TPSA) is 76.3 Å². The molecule has 2 aromatic rings. The highest BCUT2D eigenvalue weighted by Crippen LogP contribution is 2.23. The van der Waals surface area contributed by atoms with Gasteiger partial charge in [-0.1, -0.05) is 19.1 Å². The lowest BCUT2D eigenvalue weighted by atomic mass is 10.1. The summed E-state index contributed by atoms with van der Waals surface area (Å²) in [6.07, 6.45) is 2.32. The van der Waals surface area contributed by atoms with E-state index in [4.69, 9.17) is 5.73 Å². The van der Waals surface area contributed by atoms with Crippen LogP contribution in [0.4, 0.5) is 11.5 Å². The van der Waals surface area contributed by atoms with Crippen molar-refractivity contribution < 1.29 is 8.42 Å². The summed E-state index contributed by atoms with van der Waals surface area (Å²) in [7, 11) is -2.17. The lowest BCUT2D eigenvalue weighted by molar-refractivity contribution is 0.594. The van der Waals surface area contributed by atoms with E-state index in [1.807, 2.05) is 6.92 Å². The lowest BCUT2D eigenvalue weighted by Crippen LogP contribution is -2.27. The van der Waals surface area contributed by atoms with Gasteiger partial charge in [0.25, 0.3) is 10.0 Å². The molecule has 0 aliphatic heterocycles. The van der Waals surface area contributed by atoms with Gasteiger partial charge in [-0.15, -0.1) is 0 Å². The zero-order valence-corrected chi connectivity index (χ0v) is 12.3. The molecular weight excluding hydrogens is 274 g/mol. The van der Waals surface area contributed by atoms with E-state index in [-0.39, 0.29) is 4.90 Å². The van der Waals surface area contributed by atoms with E-state index in [1.165, 1.54) is 13.1 Å². The predicted octanol–water partition coefficient (Wildman–Crippen LogP) is 2.05. The van der Waals surface area contributed by atoms with E-state index in [0.29, 0.717) is 11.5 Å². The highest BCUT2D eigenvalue weighted by molar-refractivity contribution is 7.92. The predicted molar refractivity (Wildman–Crippen MR) is 80.1 cm³/mol. The van der Waals surface area contributed by atoms with Crippen molar-refractivity contribution in [3.05, 3.63) is 48.2 Å². The van der Waals surface area contributed by atoms with Crippen molar-refractivity contribution >= 4 is 21.5 Å². The van der Waals surface area contributed by atoms with Gasteiger partial charge in [-0.25, -0.2) is 13.4 Å². The fourth-order valence-electron chi connectivity index (χ4n) is 1.88. The quantitative estimate of drug-likeness (QED) is 0.875. The van der Waals surface area contributed by atoms with Crippen LogP contribution in [0.1, 0.15) is 12.5 Å². The minimum Gasteiger partial charge on any atom is -0.398 e. The van der Waals surface area contributed by atoms with Gasteiger partial charge in [0.1, 0.15) is 5.82 Å². The van der Waals surface area contributed by atoms with Crippen LogP contribution in [0, 0.1) is 0 Å². The SMILES string of the molecule is CCc1ccc(S(=O)(=O)N(C)c2ccccn2)cc1N. The molecular formula is C14H17N3O2S. The van der Waals surface area contributed by atoms with Crippen LogP contribution in [0.2, 0.25) is 0 Å². The third-order valence-electron chi connectivity index (χ3n) is 3.13. The van der Waals surface area contributed by atoms with Crippen molar-refractivity contribution in [1.82, 2.24) is 4.98 Å². The van der Waals surface area contributed by atoms with Gasteiger partial charge < -0.3 is 5.73 Å². The van der Waals surface area contributed by atoms with Crippen molar-refractivity contribution in [2.75, 3.05) is 17.1 Å². The van der Waals surface area contributed by atoms with Crippen molar-refractivity contribution in [2.45, 2.75) is 18.2 Å². The summed E-state index contributed by atoms with van der Waals surface area (Å²) in [5, 5.41) is 0. The Labute approximate surface area is 119 Å². The Kier molecular flexibility index (Phi) is 3.94. The van der Waals surface area contributed by atoms with Crippen LogP contribution < -0.4 is 10.0 Å². The molecule has 0 spiro atoms. The van der Waals surface area contributed by atoms with Gasteiger partial charge in [0.05, 0.1) is 4.90 Å². The summed E-state index contributed by atoms with van der Waals surface area (Å²) in [5.41, 5.74) is 7.29. The molecule has 0 unspecified atom stereocenters. The molecule has 0 radical (unpaired) electrons. The zero-order valence-electron chi connectivity index (χ0n) is 11.4. The van der Waals surface area contributed by atoms with Crippen molar-refractivity contribution in [3.8, 4) is 0 Å². The Hall–Kier alpha value is -2.08. The average molecular weight is 291 g/mol. The van der Waals surface area contributed by atoms with Crippen molar-refractivity contribution in [3.63, 3.8) is 0 Å². The second-order valence-corrected chi connectivity index (χ2v) is 6.34. The van der Waals surface area contributed by atoms with Crippen molar-refractivity contribution in [2.24, 2.45) is 0 Å². The van der Waals surface area contributed by atoms with E-state index in [1.54, 1.807) is 36.5 Å². The first-order chi connectivity index (χ1) is 9.46. The Morgan fingerprint density at radius 1 is 1.25 bits per heavy atom. The summed E-state index contributed by atoms with van der Waals surface area (Å²) in [6.45, 7) is 1.97. The number of sulfonamides is 1. The maximum atomic E-state index is 12.5. The molecule has 0 fully saturated rings. The molecule has 0 saturated heterocycles. The summed E-state index contributed by atoms with van der Waals surface area (Å²) in [4.78, 5) is 4.21. The van der Waals surface area contributed by atoms with Gasteiger partial charge in [-0.3, -0.25) is 4.31 Å². The third-order valence-corrected chi connectivity index (χ3v) is 4.89. The van der Waals surface area contributed by atoms with Crippen LogP contribution in [-0.2, 0) is 16.4 Å². The number of benzene rings is 1. The molecule has 0 saturated carbocycles. The fourth-order valence-corrected chi connectivity index (χ4v) is 3.06. The van der Waals surface area contributed by atoms with E-state index >= 15 is 0 Å². The molecule has 6 heteroatoms. The highest BCUT2D eigenvalue weighted by atomic mass is 32.2. The number of hydrogen-bond acceptors (Lipinski definition) is 4. The molecule has 2 rings (SSSR count). The van der Waals surface area contributed by atoms with Crippen LogP contribution in [0.5, 0.6) is 0 Å². The molecule has 2 N–H and O–H groups in total. The molecule has 0 bridgehead atoms. The van der Waals surface area contributed by atoms with Gasteiger partial charge in [0.2, 0.25) is 0 Å². The number of nitrogens with two attached hydrogens (primary N) is 1. The van der Waals surface area contributed by atoms with Gasteiger partial charge in [0, 0.05) is 18.9 Å². The summed E-state index contributed by atoms with van der Waals surface area (Å²) in [5.74, 6) is 0.366. The number of rotatable bonds is 4. The number of hydrogen-bond donors (Lipinski definition) is 1. The zero-order chi connectivity index (χ0) is 14.8. The van der Waals surface area contributed by atoms with Crippen LogP contribution in [0.3, 0.4) is 0 Å². The number of pyridine rings is 1. The fraction of sp³-hybridized carbons (Fsp3) is 0.214. The molecule has 0 atom stereocenters. The molecule has 0 aliphatic rings. The Balaban J connectivity index is 2.43. The molecule has 0 amide bonds. The Morgan fingerprint density at radius 3 is 2.55 bits per heavy atom. The normalized spacial score (nSPS) is 11.3. The van der Waals surface area contributed by atoms with E-state index in [0.717, 1.165) is 16.3 Å². The third kappa shape index (κ3) is 2.60. The monoisotopic (exact) mass is 291 g/mol. The molecule has 1 aromatic carbocycles. The van der Waals surface area contributed by atoms with E-state index < -0.39 is 10.0 Å². The molecule has 1 heterocycles. The second-order valence-electron chi connectivity index (χ2n) is 4.37. The summed E-state index contributed by atoms with van der Waals surface area (Å²) >= 11 is 0. The van der Waals surface area contributed by atoms with Crippen LogP contribution in [0.25, 0.3) is 0 Å². The average Bonchev–Trinajstić information content (AvgIpc) is 2.47. The maximum absolute atomic E-state index is 12.5. The van der Waals surface area contributed by atoms with Crippen LogP contribution >= 0.6 is 0 Å². The summed E-state index contributed by atoms with van der Waals surface area (Å²) < 4.78 is 26.2. The first kappa shape index (κ1) is 14.3. The Bertz CT molecular complexity index is 700. The van der Waals surface area contributed by atoms with Gasteiger partial charge in [0.15, 0.2) is 0 Å². The van der Waals surface area contributed by atoms with Crippen LogP contribution in [-0.4, -0.2) is 20.4 Å². The highest BCUT2D eigenvalue weighted by Gasteiger charge is 2.22. The number of nitrogen functional groups attached to an aromatic ring is 1. The first-order valence-corrected chi connectivity index (χ1v) is 7.69. The lowest BCUT2D eigenvalue weighted by Gasteiger charge is -2.18.